The molecule has 3 heterocycles. The van der Waals surface area contributed by atoms with Gasteiger partial charge >= 0.3 is 0 Å². The van der Waals surface area contributed by atoms with Gasteiger partial charge in [-0.1, -0.05) is 18.2 Å². The third-order valence-electron chi connectivity index (χ3n) is 5.54. The summed E-state index contributed by atoms with van der Waals surface area (Å²) < 4.78 is 17.1. The first-order valence-electron chi connectivity index (χ1n) is 11.3. The number of nitrogens with zero attached hydrogens (tertiary/aromatic N) is 4. The standard InChI is InChI=1S/C26H31N5O2S/c1-16-12-23(18(3)32)29-25(13-16)31-24-14-19(10-11-20(24)15-27-31)22-9-7-8-21(28-22)17(2)30-34(33)26(4,5)6/h7-15,17-18,30,32H,1-6H3/t17-,18?,34?/m0/s1. The average molecular weight is 478 g/mol. The van der Waals surface area contributed by atoms with E-state index in [2.05, 4.69) is 14.8 Å². The van der Waals surface area contributed by atoms with Gasteiger partial charge in [-0.25, -0.2) is 9.67 Å². The Morgan fingerprint density at radius 3 is 2.50 bits per heavy atom. The van der Waals surface area contributed by atoms with Crippen LogP contribution in [0.2, 0.25) is 0 Å². The van der Waals surface area contributed by atoms with Crippen LogP contribution in [0.5, 0.6) is 0 Å². The van der Waals surface area contributed by atoms with Gasteiger partial charge < -0.3 is 9.66 Å². The van der Waals surface area contributed by atoms with Crippen LogP contribution in [0.15, 0.2) is 54.7 Å². The highest BCUT2D eigenvalue weighted by Gasteiger charge is 2.28. The van der Waals surface area contributed by atoms with E-state index >= 15 is 0 Å². The highest BCUT2D eigenvalue weighted by atomic mass is 32.2. The normalized spacial score (nSPS) is 14.8. The molecule has 0 fully saturated rings. The molecule has 1 aromatic carbocycles. The van der Waals surface area contributed by atoms with Crippen LogP contribution in [-0.4, -0.2) is 34.2 Å². The smallest absolute Gasteiger partial charge is 0.154 e. The first-order chi connectivity index (χ1) is 16.0. The fourth-order valence-corrected chi connectivity index (χ4v) is 4.40. The Hall–Kier alpha value is -2.78. The van der Waals surface area contributed by atoms with Gasteiger partial charge in [0.05, 0.1) is 40.9 Å². The minimum atomic E-state index is -1.19. The maximum absolute atomic E-state index is 12.5. The number of hydrogen-bond acceptors (Lipinski definition) is 6. The van der Waals surface area contributed by atoms with E-state index in [0.29, 0.717) is 11.5 Å². The number of nitrogens with one attached hydrogen (secondary N) is 1. The molecule has 3 aromatic heterocycles. The van der Waals surface area contributed by atoms with Crippen LogP contribution >= 0.6 is 0 Å². The van der Waals surface area contributed by atoms with Gasteiger partial charge in [0.25, 0.3) is 0 Å². The molecule has 0 saturated heterocycles. The summed E-state index contributed by atoms with van der Waals surface area (Å²) >= 11 is -1.19. The Morgan fingerprint density at radius 2 is 1.79 bits per heavy atom. The zero-order chi connectivity index (χ0) is 24.6. The summed E-state index contributed by atoms with van der Waals surface area (Å²) in [6.45, 7) is 11.5. The number of aliphatic hydroxyl groups excluding tert-OH is 1. The molecule has 4 aromatic rings. The van der Waals surface area contributed by atoms with Gasteiger partial charge in [-0.2, -0.15) is 5.10 Å². The summed E-state index contributed by atoms with van der Waals surface area (Å²) in [5.41, 5.74) is 5.11. The number of aliphatic hydroxyl groups is 1. The predicted molar refractivity (Wildman–Crippen MR) is 137 cm³/mol. The molecule has 3 atom stereocenters. The van der Waals surface area contributed by atoms with Gasteiger partial charge in [-0.3, -0.25) is 4.98 Å². The number of pyridine rings is 2. The van der Waals surface area contributed by atoms with E-state index in [1.54, 1.807) is 11.6 Å². The Kier molecular flexibility index (Phi) is 6.78. The number of rotatable bonds is 6. The van der Waals surface area contributed by atoms with Crippen molar-refractivity contribution < 1.29 is 9.66 Å². The Bertz CT molecular complexity index is 1310. The molecular formula is C26H31N5O2S. The topological polar surface area (TPSA) is 98.9 Å². The van der Waals surface area contributed by atoms with Crippen LogP contribution in [0.1, 0.15) is 63.7 Å². The summed E-state index contributed by atoms with van der Waals surface area (Å²) in [7, 11) is 0. The third kappa shape index (κ3) is 5.15. The SMILES string of the molecule is Cc1cc(C(C)O)nc(-n2ncc3ccc(-c4cccc([C@H](C)N[S+]([O-])C(C)(C)C)n4)cc32)c1. The molecule has 34 heavy (non-hydrogen) atoms. The van der Waals surface area contributed by atoms with Gasteiger partial charge in [0.15, 0.2) is 5.82 Å². The van der Waals surface area contributed by atoms with Gasteiger partial charge in [0.2, 0.25) is 0 Å². The second kappa shape index (κ2) is 9.46. The summed E-state index contributed by atoms with van der Waals surface area (Å²) in [4.78, 5) is 9.46. The van der Waals surface area contributed by atoms with Crippen LogP contribution in [-0.2, 0) is 11.4 Å². The van der Waals surface area contributed by atoms with E-state index in [4.69, 9.17) is 4.98 Å². The molecule has 0 aliphatic carbocycles. The monoisotopic (exact) mass is 477 g/mol. The molecule has 4 rings (SSSR count). The molecule has 0 aliphatic heterocycles. The number of fused-ring (bicyclic) bond motifs is 1. The molecule has 178 valence electrons. The number of aryl methyl sites for hydroxylation is 1. The molecule has 0 bridgehead atoms. The van der Waals surface area contributed by atoms with E-state index in [9.17, 15) is 9.66 Å². The Balaban J connectivity index is 1.70. The van der Waals surface area contributed by atoms with Crippen molar-refractivity contribution in [3.8, 4) is 17.1 Å². The van der Waals surface area contributed by atoms with Crippen molar-refractivity contribution in [2.75, 3.05) is 0 Å². The maximum atomic E-state index is 12.5. The fraction of sp³-hybridized carbons (Fsp3) is 0.346. The zero-order valence-corrected chi connectivity index (χ0v) is 21.2. The van der Waals surface area contributed by atoms with Crippen LogP contribution in [0.25, 0.3) is 28.0 Å². The third-order valence-corrected chi connectivity index (χ3v) is 7.22. The molecular weight excluding hydrogens is 446 g/mol. The minimum absolute atomic E-state index is 0.162. The Labute approximate surface area is 203 Å². The highest BCUT2D eigenvalue weighted by Crippen LogP contribution is 2.27. The van der Waals surface area contributed by atoms with Gasteiger partial charge in [0, 0.05) is 22.3 Å². The maximum Gasteiger partial charge on any atom is 0.154 e. The van der Waals surface area contributed by atoms with Crippen molar-refractivity contribution in [3.63, 3.8) is 0 Å². The van der Waals surface area contributed by atoms with E-state index in [1.807, 2.05) is 89.3 Å². The first kappa shape index (κ1) is 24.3. The van der Waals surface area contributed by atoms with Crippen molar-refractivity contribution in [2.24, 2.45) is 0 Å². The summed E-state index contributed by atoms with van der Waals surface area (Å²) in [6.07, 6.45) is 1.15. The molecule has 2 unspecified atom stereocenters. The van der Waals surface area contributed by atoms with Crippen molar-refractivity contribution in [2.45, 2.75) is 58.4 Å². The number of aromatic nitrogens is 4. The predicted octanol–water partition coefficient (Wildman–Crippen LogP) is 4.96. The lowest BCUT2D eigenvalue weighted by molar-refractivity contribution is 0.194. The largest absolute Gasteiger partial charge is 0.598 e. The molecule has 8 heteroatoms. The van der Waals surface area contributed by atoms with Crippen molar-refractivity contribution in [1.82, 2.24) is 24.5 Å². The Morgan fingerprint density at radius 1 is 1.03 bits per heavy atom. The van der Waals surface area contributed by atoms with Crippen LogP contribution in [0.3, 0.4) is 0 Å². The molecule has 0 saturated carbocycles. The lowest BCUT2D eigenvalue weighted by Crippen LogP contribution is -2.40. The van der Waals surface area contributed by atoms with Crippen LogP contribution < -0.4 is 4.72 Å². The number of benzene rings is 1. The van der Waals surface area contributed by atoms with Gasteiger partial charge in [-0.05, 0) is 77.4 Å². The lowest BCUT2D eigenvalue weighted by atomic mass is 10.1. The van der Waals surface area contributed by atoms with Gasteiger partial charge in [-0.15, -0.1) is 4.72 Å². The van der Waals surface area contributed by atoms with E-state index in [-0.39, 0.29) is 10.8 Å². The summed E-state index contributed by atoms with van der Waals surface area (Å²) in [5, 5.41) is 15.6. The average Bonchev–Trinajstić information content (AvgIpc) is 3.21. The molecule has 0 radical (unpaired) electrons. The fourth-order valence-electron chi connectivity index (χ4n) is 3.61. The number of hydrogen-bond donors (Lipinski definition) is 2. The summed E-state index contributed by atoms with van der Waals surface area (Å²) in [5.74, 6) is 0.659. The minimum Gasteiger partial charge on any atom is -0.598 e. The van der Waals surface area contributed by atoms with E-state index in [1.165, 1.54) is 0 Å². The molecule has 7 nitrogen and oxygen atoms in total. The quantitative estimate of drug-likeness (QED) is 0.381. The molecule has 0 spiro atoms. The van der Waals surface area contributed by atoms with Crippen molar-refractivity contribution in [1.29, 1.82) is 0 Å². The van der Waals surface area contributed by atoms with E-state index in [0.717, 1.165) is 33.4 Å². The van der Waals surface area contributed by atoms with Crippen LogP contribution in [0, 0.1) is 6.92 Å². The first-order valence-corrected chi connectivity index (χ1v) is 12.5. The van der Waals surface area contributed by atoms with Crippen molar-refractivity contribution in [3.05, 3.63) is 71.7 Å². The second-order valence-corrected chi connectivity index (χ2v) is 11.6. The second-order valence-electron chi connectivity index (χ2n) is 9.60. The molecule has 2 N–H and O–H groups in total. The summed E-state index contributed by atoms with van der Waals surface area (Å²) in [6, 6.07) is 15.6. The van der Waals surface area contributed by atoms with E-state index < -0.39 is 17.5 Å². The lowest BCUT2D eigenvalue weighted by Gasteiger charge is -2.26. The van der Waals surface area contributed by atoms with Crippen molar-refractivity contribution >= 4 is 22.3 Å². The molecule has 0 aliphatic rings. The van der Waals surface area contributed by atoms with Crippen LogP contribution in [0.4, 0.5) is 0 Å². The highest BCUT2D eigenvalue weighted by molar-refractivity contribution is 7.90. The molecule has 0 amide bonds. The van der Waals surface area contributed by atoms with Gasteiger partial charge in [0.1, 0.15) is 4.75 Å². The zero-order valence-electron chi connectivity index (χ0n) is 20.4.